The Labute approximate surface area is 181 Å². The molecule has 5 rings (SSSR count). The highest BCUT2D eigenvalue weighted by atomic mass is 79.9. The monoisotopic (exact) mass is 466 g/mol. The number of ketones is 1. The van der Waals surface area contributed by atoms with E-state index in [0.29, 0.717) is 22.8 Å². The maximum atomic E-state index is 13.3. The van der Waals surface area contributed by atoms with Crippen molar-refractivity contribution in [3.63, 3.8) is 0 Å². The Morgan fingerprint density at radius 3 is 2.59 bits per heavy atom. The summed E-state index contributed by atoms with van der Waals surface area (Å²) in [6.45, 7) is 0. The van der Waals surface area contributed by atoms with Crippen LogP contribution < -0.4 is 4.74 Å². The van der Waals surface area contributed by atoms with Gasteiger partial charge in [-0.2, -0.15) is 5.10 Å². The van der Waals surface area contributed by atoms with Crippen LogP contribution in [0, 0.1) is 0 Å². The molecule has 0 bridgehead atoms. The number of hydrogen-bond acceptors (Lipinski definition) is 4. The van der Waals surface area contributed by atoms with Gasteiger partial charge in [0, 0.05) is 27.0 Å². The lowest BCUT2D eigenvalue weighted by Crippen LogP contribution is -2.45. The summed E-state index contributed by atoms with van der Waals surface area (Å²) in [4.78, 5) is 13.3. The van der Waals surface area contributed by atoms with E-state index in [2.05, 4.69) is 15.9 Å². The number of halogens is 2. The fraction of sp³-hybridized carbons (Fsp3) is 0.130. The van der Waals surface area contributed by atoms with Crippen molar-refractivity contribution in [2.45, 2.75) is 18.7 Å². The molecule has 3 aromatic carbocycles. The van der Waals surface area contributed by atoms with Crippen molar-refractivity contribution in [3.8, 4) is 5.75 Å². The van der Waals surface area contributed by atoms with E-state index in [0.717, 1.165) is 21.3 Å². The van der Waals surface area contributed by atoms with Gasteiger partial charge in [0.2, 0.25) is 5.78 Å². The van der Waals surface area contributed by atoms with Gasteiger partial charge >= 0.3 is 0 Å². The Morgan fingerprint density at radius 2 is 1.83 bits per heavy atom. The van der Waals surface area contributed by atoms with Gasteiger partial charge in [0.15, 0.2) is 0 Å². The lowest BCUT2D eigenvalue weighted by molar-refractivity contribution is -0.00455. The van der Waals surface area contributed by atoms with Gasteiger partial charge in [-0.15, -0.1) is 0 Å². The van der Waals surface area contributed by atoms with Crippen LogP contribution in [0.3, 0.4) is 0 Å². The van der Waals surface area contributed by atoms with E-state index >= 15 is 0 Å². The molecule has 2 aliphatic heterocycles. The van der Waals surface area contributed by atoms with Crippen LogP contribution in [0.25, 0.3) is 0 Å². The Kier molecular flexibility index (Phi) is 4.64. The first kappa shape index (κ1) is 18.4. The Balaban J connectivity index is 1.57. The normalized spacial score (nSPS) is 19.8. The van der Waals surface area contributed by atoms with Gasteiger partial charge in [0.05, 0.1) is 11.8 Å². The summed E-state index contributed by atoms with van der Waals surface area (Å²) in [6, 6.07) is 22.7. The molecule has 0 spiro atoms. The third kappa shape index (κ3) is 3.34. The number of benzene rings is 3. The Hall–Kier alpha value is -2.63. The molecule has 2 atom stereocenters. The van der Waals surface area contributed by atoms with Crippen LogP contribution in [0.5, 0.6) is 5.75 Å². The minimum absolute atomic E-state index is 0.0999. The highest BCUT2D eigenvalue weighted by Gasteiger charge is 2.43. The van der Waals surface area contributed by atoms with Crippen LogP contribution in [-0.4, -0.2) is 22.7 Å². The summed E-state index contributed by atoms with van der Waals surface area (Å²) >= 11 is 9.66. The van der Waals surface area contributed by atoms with Crippen molar-refractivity contribution in [1.29, 1.82) is 0 Å². The number of nitrogens with zero attached hydrogens (tertiary/aromatic N) is 2. The molecule has 0 saturated carbocycles. The molecule has 4 nitrogen and oxygen atoms in total. The van der Waals surface area contributed by atoms with Gasteiger partial charge in [-0.1, -0.05) is 70.0 Å². The SMILES string of the molecule is O=C(c1ccc(Br)cc1)[C@@H]1Oc2ccc(Cl)cc2[C@@H]2CC(c3ccccc3)=NN12. The van der Waals surface area contributed by atoms with E-state index in [9.17, 15) is 4.79 Å². The van der Waals surface area contributed by atoms with E-state index in [1.54, 1.807) is 23.2 Å². The summed E-state index contributed by atoms with van der Waals surface area (Å²) in [5.74, 6) is 0.553. The number of Topliss-reactive ketones (excluding diaryl/α,β-unsaturated/α-hetero) is 1. The van der Waals surface area contributed by atoms with E-state index in [1.165, 1.54) is 0 Å². The zero-order chi connectivity index (χ0) is 20.0. The van der Waals surface area contributed by atoms with Crippen molar-refractivity contribution in [3.05, 3.63) is 99.0 Å². The molecular weight excluding hydrogens is 452 g/mol. The van der Waals surface area contributed by atoms with Crippen molar-refractivity contribution in [2.75, 3.05) is 0 Å². The van der Waals surface area contributed by atoms with E-state index < -0.39 is 6.23 Å². The highest BCUT2D eigenvalue weighted by Crippen LogP contribution is 2.44. The summed E-state index contributed by atoms with van der Waals surface area (Å²) < 4.78 is 7.05. The minimum atomic E-state index is -0.823. The number of ether oxygens (including phenoxy) is 1. The smallest absolute Gasteiger partial charge is 0.251 e. The number of hydrogen-bond donors (Lipinski definition) is 0. The second-order valence-corrected chi connectivity index (χ2v) is 8.39. The van der Waals surface area contributed by atoms with Gasteiger partial charge < -0.3 is 4.74 Å². The fourth-order valence-electron chi connectivity index (χ4n) is 3.79. The Bertz CT molecular complexity index is 1120. The second kappa shape index (κ2) is 7.32. The second-order valence-electron chi connectivity index (χ2n) is 7.04. The topological polar surface area (TPSA) is 41.9 Å². The predicted octanol–water partition coefficient (Wildman–Crippen LogP) is 5.86. The Morgan fingerprint density at radius 1 is 1.07 bits per heavy atom. The average molecular weight is 468 g/mol. The van der Waals surface area contributed by atoms with Crippen molar-refractivity contribution in [2.24, 2.45) is 5.10 Å². The lowest BCUT2D eigenvalue weighted by atomic mass is 9.96. The van der Waals surface area contributed by atoms with Crippen LogP contribution in [-0.2, 0) is 0 Å². The third-order valence-corrected chi connectivity index (χ3v) is 5.98. The maximum Gasteiger partial charge on any atom is 0.251 e. The van der Waals surface area contributed by atoms with Crippen LogP contribution in [0.2, 0.25) is 5.02 Å². The molecule has 0 aromatic heterocycles. The standard InChI is InChI=1S/C23H16BrClN2O2/c24-16-8-6-15(7-9-16)22(28)23-27-20(18-12-17(25)10-11-21(18)29-23)13-19(26-27)14-4-2-1-3-5-14/h1-12,20,23H,13H2/t20-,23-/m0/s1. The minimum Gasteiger partial charge on any atom is -0.461 e. The molecule has 0 N–H and O–H groups in total. The number of fused-ring (bicyclic) bond motifs is 3. The molecule has 0 radical (unpaired) electrons. The zero-order valence-electron chi connectivity index (χ0n) is 15.3. The number of hydrazone groups is 1. The first-order chi connectivity index (χ1) is 14.1. The van der Waals surface area contributed by atoms with Gasteiger partial charge in [0.25, 0.3) is 6.23 Å². The molecule has 2 aliphatic rings. The summed E-state index contributed by atoms with van der Waals surface area (Å²) in [6.07, 6.45) is -0.138. The number of carbonyl (C=O) groups is 1. The maximum absolute atomic E-state index is 13.3. The van der Waals surface area contributed by atoms with E-state index in [-0.39, 0.29) is 11.8 Å². The van der Waals surface area contributed by atoms with Gasteiger partial charge in [-0.05, 0) is 35.9 Å². The molecule has 29 heavy (non-hydrogen) atoms. The lowest BCUT2D eigenvalue weighted by Gasteiger charge is -2.37. The molecule has 6 heteroatoms. The van der Waals surface area contributed by atoms with Crippen molar-refractivity contribution < 1.29 is 9.53 Å². The number of carbonyl (C=O) groups excluding carboxylic acids is 1. The van der Waals surface area contributed by atoms with Crippen molar-refractivity contribution in [1.82, 2.24) is 5.01 Å². The molecule has 0 fully saturated rings. The molecule has 0 saturated heterocycles. The van der Waals surface area contributed by atoms with Gasteiger partial charge in [-0.25, -0.2) is 5.01 Å². The van der Waals surface area contributed by atoms with Crippen LogP contribution in [0.4, 0.5) is 0 Å². The molecule has 3 aromatic rings. The van der Waals surface area contributed by atoms with Crippen molar-refractivity contribution >= 4 is 39.0 Å². The molecular formula is C23H16BrClN2O2. The fourth-order valence-corrected chi connectivity index (χ4v) is 4.24. The summed E-state index contributed by atoms with van der Waals surface area (Å²) in [5.41, 5.74) is 3.51. The van der Waals surface area contributed by atoms with Crippen LogP contribution >= 0.6 is 27.5 Å². The molecule has 0 aliphatic carbocycles. The third-order valence-electron chi connectivity index (χ3n) is 5.21. The summed E-state index contributed by atoms with van der Waals surface area (Å²) in [7, 11) is 0. The van der Waals surface area contributed by atoms with E-state index in [4.69, 9.17) is 21.4 Å². The molecule has 0 unspecified atom stereocenters. The van der Waals surface area contributed by atoms with Crippen LogP contribution in [0.1, 0.15) is 33.9 Å². The van der Waals surface area contributed by atoms with E-state index in [1.807, 2.05) is 54.6 Å². The number of rotatable bonds is 3. The zero-order valence-corrected chi connectivity index (χ0v) is 17.6. The molecule has 2 heterocycles. The highest BCUT2D eigenvalue weighted by molar-refractivity contribution is 9.10. The molecule has 0 amide bonds. The first-order valence-electron chi connectivity index (χ1n) is 9.27. The first-order valence-corrected chi connectivity index (χ1v) is 10.4. The average Bonchev–Trinajstić information content (AvgIpc) is 3.20. The molecule has 144 valence electrons. The van der Waals surface area contributed by atoms with Gasteiger partial charge in [0.1, 0.15) is 5.75 Å². The largest absolute Gasteiger partial charge is 0.461 e. The predicted molar refractivity (Wildman–Crippen MR) is 117 cm³/mol. The van der Waals surface area contributed by atoms with Gasteiger partial charge in [-0.3, -0.25) is 4.79 Å². The van der Waals surface area contributed by atoms with Crippen LogP contribution in [0.15, 0.2) is 82.4 Å². The summed E-state index contributed by atoms with van der Waals surface area (Å²) in [5, 5.41) is 7.23. The quantitative estimate of drug-likeness (QED) is 0.453.